The summed E-state index contributed by atoms with van der Waals surface area (Å²) in [6.07, 6.45) is 1.44. The molecule has 2 rings (SSSR count). The number of nitrogens with one attached hydrogen (secondary N) is 1. The van der Waals surface area contributed by atoms with Crippen LogP contribution in [0.2, 0.25) is 5.02 Å². The molecule has 0 bridgehead atoms. The predicted molar refractivity (Wildman–Crippen MR) is 120 cm³/mol. The Labute approximate surface area is 187 Å². The van der Waals surface area contributed by atoms with Gasteiger partial charge in [-0.1, -0.05) is 45.2 Å². The molecule has 0 aliphatic carbocycles. The van der Waals surface area contributed by atoms with E-state index in [1.54, 1.807) is 26.8 Å². The number of rotatable bonds is 7. The Balaban J connectivity index is 2.33. The van der Waals surface area contributed by atoms with E-state index in [1.807, 2.05) is 20.8 Å². The second-order valence-electron chi connectivity index (χ2n) is 8.55. The fraction of sp³-hybridized carbons (Fsp3) is 0.522. The highest BCUT2D eigenvalue weighted by atomic mass is 35.5. The molecule has 8 heteroatoms. The van der Waals surface area contributed by atoms with E-state index in [2.05, 4.69) is 5.32 Å². The average Bonchev–Trinajstić information content (AvgIpc) is 2.65. The largest absolute Gasteiger partial charge is 0.444 e. The van der Waals surface area contributed by atoms with E-state index >= 15 is 0 Å². The Morgan fingerprint density at radius 2 is 1.87 bits per heavy atom. The lowest BCUT2D eigenvalue weighted by Gasteiger charge is -2.25. The van der Waals surface area contributed by atoms with Gasteiger partial charge in [-0.3, -0.25) is 0 Å². The van der Waals surface area contributed by atoms with E-state index < -0.39 is 29.3 Å². The van der Waals surface area contributed by atoms with Gasteiger partial charge in [-0.2, -0.15) is 0 Å². The van der Waals surface area contributed by atoms with Crippen LogP contribution in [0.25, 0.3) is 11.0 Å². The molecule has 1 N–H and O–H groups in total. The summed E-state index contributed by atoms with van der Waals surface area (Å²) in [5.74, 6) is -0.850. The van der Waals surface area contributed by atoms with Crippen molar-refractivity contribution < 1.29 is 23.5 Å². The van der Waals surface area contributed by atoms with Crippen molar-refractivity contribution in [2.24, 2.45) is 5.92 Å². The number of halogens is 1. The molecule has 0 radical (unpaired) electrons. The summed E-state index contributed by atoms with van der Waals surface area (Å²) in [6.45, 7) is 10.9. The van der Waals surface area contributed by atoms with Crippen molar-refractivity contribution in [3.8, 4) is 5.75 Å². The van der Waals surface area contributed by atoms with E-state index in [1.165, 1.54) is 12.1 Å². The van der Waals surface area contributed by atoms with Crippen LogP contribution >= 0.6 is 11.6 Å². The number of esters is 1. The molecular weight excluding hydrogens is 422 g/mol. The van der Waals surface area contributed by atoms with Crippen LogP contribution in [0.1, 0.15) is 59.9 Å². The third-order valence-corrected chi connectivity index (χ3v) is 5.05. The summed E-state index contributed by atoms with van der Waals surface area (Å²) in [4.78, 5) is 37.0. The van der Waals surface area contributed by atoms with Gasteiger partial charge in [-0.15, -0.1) is 0 Å². The number of ether oxygens (including phenoxy) is 2. The summed E-state index contributed by atoms with van der Waals surface area (Å²) in [7, 11) is 0. The monoisotopic (exact) mass is 451 g/mol. The van der Waals surface area contributed by atoms with Crippen LogP contribution in [-0.4, -0.2) is 23.7 Å². The summed E-state index contributed by atoms with van der Waals surface area (Å²) < 4.78 is 16.0. The molecule has 0 aliphatic rings. The van der Waals surface area contributed by atoms with Crippen molar-refractivity contribution in [2.45, 2.75) is 72.4 Å². The molecule has 2 aromatic rings. The fourth-order valence-corrected chi connectivity index (χ4v) is 3.26. The van der Waals surface area contributed by atoms with Gasteiger partial charge in [0.1, 0.15) is 17.2 Å². The van der Waals surface area contributed by atoms with E-state index in [9.17, 15) is 14.4 Å². The Kier molecular flexibility index (Phi) is 8.12. The highest BCUT2D eigenvalue weighted by molar-refractivity contribution is 6.33. The molecule has 0 saturated heterocycles. The number of aryl methyl sites for hydroxylation is 1. The van der Waals surface area contributed by atoms with Gasteiger partial charge in [0.25, 0.3) is 0 Å². The second kappa shape index (κ2) is 10.2. The zero-order valence-electron chi connectivity index (χ0n) is 18.8. The third-order valence-electron chi connectivity index (χ3n) is 4.75. The standard InChI is InChI=1S/C23H30ClNO6/c1-7-9-14-10-19(26)29-17-12-18(16(24)11-15(14)17)30-21(27)20(13(3)8-2)25-22(28)31-23(4,5)6/h10-13,20H,7-9H2,1-6H3,(H,25,28). The predicted octanol–water partition coefficient (Wildman–Crippen LogP) is 5.24. The molecule has 1 amide bonds. The number of hydrogen-bond donors (Lipinski definition) is 1. The average molecular weight is 452 g/mol. The minimum absolute atomic E-state index is 0.0512. The molecule has 1 aromatic heterocycles. The van der Waals surface area contributed by atoms with Crippen molar-refractivity contribution in [1.82, 2.24) is 5.32 Å². The number of benzene rings is 1. The molecule has 170 valence electrons. The number of fused-ring (bicyclic) bond motifs is 1. The number of carbonyl (C=O) groups is 2. The molecule has 7 nitrogen and oxygen atoms in total. The fourth-order valence-electron chi connectivity index (χ4n) is 3.06. The van der Waals surface area contributed by atoms with Crippen molar-refractivity contribution in [2.75, 3.05) is 0 Å². The van der Waals surface area contributed by atoms with Crippen molar-refractivity contribution in [3.05, 3.63) is 39.2 Å². The van der Waals surface area contributed by atoms with E-state index in [0.717, 1.165) is 12.0 Å². The maximum Gasteiger partial charge on any atom is 0.408 e. The van der Waals surface area contributed by atoms with Crippen LogP contribution in [0.15, 0.2) is 27.4 Å². The van der Waals surface area contributed by atoms with Crippen molar-refractivity contribution in [3.63, 3.8) is 0 Å². The molecule has 2 atom stereocenters. The maximum absolute atomic E-state index is 12.9. The van der Waals surface area contributed by atoms with E-state index in [0.29, 0.717) is 18.2 Å². The first-order valence-electron chi connectivity index (χ1n) is 10.4. The lowest BCUT2D eigenvalue weighted by atomic mass is 9.99. The minimum Gasteiger partial charge on any atom is -0.444 e. The van der Waals surface area contributed by atoms with Crippen LogP contribution in [0.4, 0.5) is 4.79 Å². The van der Waals surface area contributed by atoms with Gasteiger partial charge in [0.05, 0.1) is 5.02 Å². The van der Waals surface area contributed by atoms with Crippen LogP contribution < -0.4 is 15.7 Å². The van der Waals surface area contributed by atoms with E-state index in [4.69, 9.17) is 25.5 Å². The quantitative estimate of drug-likeness (QED) is 0.351. The highest BCUT2D eigenvalue weighted by Crippen LogP contribution is 2.32. The van der Waals surface area contributed by atoms with Crippen molar-refractivity contribution >= 4 is 34.6 Å². The zero-order chi connectivity index (χ0) is 23.3. The van der Waals surface area contributed by atoms with Gasteiger partial charge in [-0.25, -0.2) is 14.4 Å². The minimum atomic E-state index is -0.940. The smallest absolute Gasteiger partial charge is 0.408 e. The Bertz CT molecular complexity index is 1010. The van der Waals surface area contributed by atoms with Crippen molar-refractivity contribution in [1.29, 1.82) is 0 Å². The Morgan fingerprint density at radius 3 is 2.45 bits per heavy atom. The summed E-state index contributed by atoms with van der Waals surface area (Å²) in [6, 6.07) is 3.55. The molecule has 1 heterocycles. The first-order chi connectivity index (χ1) is 14.4. The number of alkyl carbamates (subject to hydrolysis) is 1. The number of hydrogen-bond acceptors (Lipinski definition) is 6. The topological polar surface area (TPSA) is 94.8 Å². The summed E-state index contributed by atoms with van der Waals surface area (Å²) in [5.41, 5.74) is -0.0933. The van der Waals surface area contributed by atoms with Crippen LogP contribution in [0.3, 0.4) is 0 Å². The van der Waals surface area contributed by atoms with Crippen LogP contribution in [0, 0.1) is 5.92 Å². The summed E-state index contributed by atoms with van der Waals surface area (Å²) >= 11 is 6.36. The molecule has 0 spiro atoms. The number of amides is 1. The summed E-state index contributed by atoms with van der Waals surface area (Å²) in [5, 5.41) is 3.48. The molecule has 1 aromatic carbocycles. The van der Waals surface area contributed by atoms with Gasteiger partial charge < -0.3 is 19.2 Å². The van der Waals surface area contributed by atoms with Gasteiger partial charge in [0, 0.05) is 17.5 Å². The molecule has 0 saturated carbocycles. The molecule has 2 unspecified atom stereocenters. The van der Waals surface area contributed by atoms with E-state index in [-0.39, 0.29) is 22.3 Å². The third kappa shape index (κ3) is 6.72. The molecule has 0 aliphatic heterocycles. The number of carbonyl (C=O) groups excluding carboxylic acids is 2. The van der Waals surface area contributed by atoms with Gasteiger partial charge in [-0.05, 0) is 44.7 Å². The second-order valence-corrected chi connectivity index (χ2v) is 8.96. The first kappa shape index (κ1) is 24.7. The van der Waals surface area contributed by atoms with Gasteiger partial charge in [0.2, 0.25) is 0 Å². The maximum atomic E-state index is 12.9. The first-order valence-corrected chi connectivity index (χ1v) is 10.8. The van der Waals surface area contributed by atoms with Gasteiger partial charge in [0.15, 0.2) is 5.75 Å². The molecular formula is C23H30ClNO6. The Morgan fingerprint density at radius 1 is 1.19 bits per heavy atom. The van der Waals surface area contributed by atoms with Crippen LogP contribution in [-0.2, 0) is 16.0 Å². The normalized spacial score (nSPS) is 13.5. The highest BCUT2D eigenvalue weighted by Gasteiger charge is 2.30. The molecule has 0 fully saturated rings. The lowest BCUT2D eigenvalue weighted by molar-refractivity contribution is -0.138. The SMILES string of the molecule is CCCc1cc(=O)oc2cc(OC(=O)C(NC(=O)OC(C)(C)C)C(C)CC)c(Cl)cc12. The zero-order valence-corrected chi connectivity index (χ0v) is 19.6. The lowest BCUT2D eigenvalue weighted by Crippen LogP contribution is -2.48. The molecule has 31 heavy (non-hydrogen) atoms. The van der Waals surface area contributed by atoms with Crippen LogP contribution in [0.5, 0.6) is 5.75 Å². The van der Waals surface area contributed by atoms with Gasteiger partial charge >= 0.3 is 17.7 Å². The Hall–Kier alpha value is -2.54.